The van der Waals surface area contributed by atoms with Gasteiger partial charge in [-0.05, 0) is 24.3 Å². The molecule has 9 heteroatoms. The highest BCUT2D eigenvalue weighted by atomic mass is 35.5. The van der Waals surface area contributed by atoms with Crippen molar-refractivity contribution in [3.05, 3.63) is 51.7 Å². The molecule has 0 atom stereocenters. The molecule has 0 spiro atoms. The number of methoxy groups -OCH3 is 1. The first-order chi connectivity index (χ1) is 11.0. The molecule has 0 aliphatic rings. The van der Waals surface area contributed by atoms with Crippen LogP contribution in [-0.2, 0) is 4.79 Å². The van der Waals surface area contributed by atoms with Crippen LogP contribution in [0.25, 0.3) is 0 Å². The minimum Gasteiger partial charge on any atom is -0.495 e. The van der Waals surface area contributed by atoms with E-state index < -0.39 is 4.92 Å². The van der Waals surface area contributed by atoms with Crippen LogP contribution in [0.5, 0.6) is 5.75 Å². The van der Waals surface area contributed by atoms with Gasteiger partial charge in [-0.25, -0.2) is 4.98 Å². The molecule has 0 aliphatic heterocycles. The second-order valence-electron chi connectivity index (χ2n) is 4.29. The van der Waals surface area contributed by atoms with Gasteiger partial charge >= 0.3 is 0 Å². The van der Waals surface area contributed by atoms with E-state index in [0.717, 1.165) is 6.20 Å². The van der Waals surface area contributed by atoms with Gasteiger partial charge in [0.15, 0.2) is 0 Å². The molecule has 0 fully saturated rings. The number of thioether (sulfide) groups is 1. The number of carbonyl (C=O) groups excluding carboxylic acids is 1. The molecule has 1 aromatic heterocycles. The molecule has 0 saturated heterocycles. The number of ether oxygens (including phenoxy) is 1. The first-order valence-electron chi connectivity index (χ1n) is 6.36. The van der Waals surface area contributed by atoms with Crippen LogP contribution in [0.4, 0.5) is 11.4 Å². The largest absolute Gasteiger partial charge is 0.495 e. The lowest BCUT2D eigenvalue weighted by Crippen LogP contribution is -2.14. The topological polar surface area (TPSA) is 94.4 Å². The first kappa shape index (κ1) is 17.0. The minimum atomic E-state index is -0.528. The molecule has 1 heterocycles. The van der Waals surface area contributed by atoms with Gasteiger partial charge in [0.05, 0.1) is 28.5 Å². The molecule has 23 heavy (non-hydrogen) atoms. The molecule has 1 N–H and O–H groups in total. The van der Waals surface area contributed by atoms with E-state index in [9.17, 15) is 14.9 Å². The Morgan fingerprint density at radius 2 is 2.22 bits per heavy atom. The van der Waals surface area contributed by atoms with Gasteiger partial charge in [-0.15, -0.1) is 0 Å². The van der Waals surface area contributed by atoms with E-state index in [1.165, 1.54) is 31.0 Å². The summed E-state index contributed by atoms with van der Waals surface area (Å²) in [6.07, 6.45) is 1.15. The number of halogens is 1. The standard InChI is InChI=1S/C14H12ClN3O4S/c1-22-12-4-2-9(15)6-11(12)17-13(19)8-23-14-5-3-10(7-16-14)18(20)21/h2-7H,8H2,1H3,(H,17,19). The predicted octanol–water partition coefficient (Wildman–Crippen LogP) is 3.38. The highest BCUT2D eigenvalue weighted by Gasteiger charge is 2.10. The summed E-state index contributed by atoms with van der Waals surface area (Å²) in [5, 5.41) is 14.2. The fraction of sp³-hybridized carbons (Fsp3) is 0.143. The number of pyridine rings is 1. The van der Waals surface area contributed by atoms with Crippen LogP contribution in [-0.4, -0.2) is 28.7 Å². The summed E-state index contributed by atoms with van der Waals surface area (Å²) in [6, 6.07) is 7.74. The summed E-state index contributed by atoms with van der Waals surface area (Å²) in [6.45, 7) is 0. The number of carbonyl (C=O) groups is 1. The van der Waals surface area contributed by atoms with Crippen molar-refractivity contribution in [2.75, 3.05) is 18.2 Å². The van der Waals surface area contributed by atoms with E-state index in [2.05, 4.69) is 10.3 Å². The number of nitrogens with one attached hydrogen (secondary N) is 1. The lowest BCUT2D eigenvalue weighted by Gasteiger charge is -2.10. The van der Waals surface area contributed by atoms with Crippen molar-refractivity contribution in [3.8, 4) is 5.75 Å². The molecule has 0 saturated carbocycles. The molecular formula is C14H12ClN3O4S. The normalized spacial score (nSPS) is 10.2. The number of hydrogen-bond donors (Lipinski definition) is 1. The van der Waals surface area contributed by atoms with Gasteiger partial charge in [-0.3, -0.25) is 14.9 Å². The molecule has 1 amide bonds. The van der Waals surface area contributed by atoms with E-state index in [-0.39, 0.29) is 17.3 Å². The maximum Gasteiger partial charge on any atom is 0.287 e. The zero-order valence-electron chi connectivity index (χ0n) is 12.0. The Labute approximate surface area is 141 Å². The minimum absolute atomic E-state index is 0.0949. The number of hydrogen-bond acceptors (Lipinski definition) is 6. The number of benzene rings is 1. The number of anilines is 1. The summed E-state index contributed by atoms with van der Waals surface area (Å²) < 4.78 is 5.14. The molecule has 0 bridgehead atoms. The number of nitrogens with zero attached hydrogens (tertiary/aromatic N) is 2. The molecule has 2 aromatic rings. The summed E-state index contributed by atoms with van der Waals surface area (Å²) >= 11 is 7.06. The van der Waals surface area contributed by atoms with Crippen molar-refractivity contribution in [2.24, 2.45) is 0 Å². The lowest BCUT2D eigenvalue weighted by molar-refractivity contribution is -0.385. The van der Waals surface area contributed by atoms with Gasteiger partial charge in [0.25, 0.3) is 5.69 Å². The van der Waals surface area contributed by atoms with Crippen molar-refractivity contribution >= 4 is 40.6 Å². The first-order valence-corrected chi connectivity index (χ1v) is 7.72. The maximum atomic E-state index is 12.0. The van der Waals surface area contributed by atoms with Crippen LogP contribution in [0.15, 0.2) is 41.6 Å². The highest BCUT2D eigenvalue weighted by Crippen LogP contribution is 2.28. The van der Waals surface area contributed by atoms with Crippen molar-refractivity contribution in [3.63, 3.8) is 0 Å². The molecule has 0 aliphatic carbocycles. The van der Waals surface area contributed by atoms with Gasteiger partial charge in [-0.2, -0.15) is 0 Å². The number of aromatic nitrogens is 1. The SMILES string of the molecule is COc1ccc(Cl)cc1NC(=O)CSc1ccc([N+](=O)[O-])cn1. The lowest BCUT2D eigenvalue weighted by atomic mass is 10.3. The summed E-state index contributed by atoms with van der Waals surface area (Å²) in [5.41, 5.74) is 0.379. The zero-order valence-corrected chi connectivity index (χ0v) is 13.6. The molecule has 1 aromatic carbocycles. The Morgan fingerprint density at radius 3 is 2.83 bits per heavy atom. The van der Waals surface area contributed by atoms with Gasteiger partial charge < -0.3 is 10.1 Å². The second kappa shape index (κ2) is 7.80. The summed E-state index contributed by atoms with van der Waals surface area (Å²) in [5.74, 6) is 0.331. The average molecular weight is 354 g/mol. The van der Waals surface area contributed by atoms with E-state index in [4.69, 9.17) is 16.3 Å². The Hall–Kier alpha value is -2.32. The fourth-order valence-corrected chi connectivity index (χ4v) is 2.48. The average Bonchev–Trinajstić information content (AvgIpc) is 2.53. The quantitative estimate of drug-likeness (QED) is 0.486. The van der Waals surface area contributed by atoms with Crippen molar-refractivity contribution in [2.45, 2.75) is 5.03 Å². The third-order valence-electron chi connectivity index (χ3n) is 2.72. The monoisotopic (exact) mass is 353 g/mol. The van der Waals surface area contributed by atoms with Gasteiger partial charge in [0, 0.05) is 11.1 Å². The van der Waals surface area contributed by atoms with Crippen LogP contribution in [0.3, 0.4) is 0 Å². The number of nitro groups is 1. The van der Waals surface area contributed by atoms with Gasteiger partial charge in [0.1, 0.15) is 11.9 Å². The Bertz CT molecular complexity index is 724. The molecule has 2 rings (SSSR count). The van der Waals surface area contributed by atoms with E-state index in [0.29, 0.717) is 21.5 Å². The summed E-state index contributed by atoms with van der Waals surface area (Å²) in [7, 11) is 1.49. The highest BCUT2D eigenvalue weighted by molar-refractivity contribution is 7.99. The van der Waals surface area contributed by atoms with Crippen molar-refractivity contribution in [1.29, 1.82) is 0 Å². The molecule has 0 unspecified atom stereocenters. The Morgan fingerprint density at radius 1 is 1.43 bits per heavy atom. The Balaban J connectivity index is 1.95. The molecule has 7 nitrogen and oxygen atoms in total. The third kappa shape index (κ3) is 4.83. The van der Waals surface area contributed by atoms with Crippen LogP contribution < -0.4 is 10.1 Å². The Kier molecular flexibility index (Phi) is 5.78. The van der Waals surface area contributed by atoms with E-state index >= 15 is 0 Å². The molecule has 0 radical (unpaired) electrons. The van der Waals surface area contributed by atoms with Gasteiger partial charge in [0.2, 0.25) is 5.91 Å². The molecule has 120 valence electrons. The van der Waals surface area contributed by atoms with Crippen molar-refractivity contribution < 1.29 is 14.5 Å². The molecular weight excluding hydrogens is 342 g/mol. The zero-order chi connectivity index (χ0) is 16.8. The second-order valence-corrected chi connectivity index (χ2v) is 5.73. The third-order valence-corrected chi connectivity index (χ3v) is 3.90. The van der Waals surface area contributed by atoms with Crippen LogP contribution >= 0.6 is 23.4 Å². The van der Waals surface area contributed by atoms with Crippen LogP contribution in [0, 0.1) is 10.1 Å². The number of rotatable bonds is 6. The van der Waals surface area contributed by atoms with Crippen LogP contribution in [0.1, 0.15) is 0 Å². The van der Waals surface area contributed by atoms with E-state index in [1.54, 1.807) is 18.2 Å². The maximum absolute atomic E-state index is 12.0. The van der Waals surface area contributed by atoms with E-state index in [1.807, 2.05) is 0 Å². The van der Waals surface area contributed by atoms with Crippen molar-refractivity contribution in [1.82, 2.24) is 4.98 Å². The smallest absolute Gasteiger partial charge is 0.287 e. The predicted molar refractivity (Wildman–Crippen MR) is 88.2 cm³/mol. The summed E-state index contributed by atoms with van der Waals surface area (Å²) in [4.78, 5) is 25.9. The van der Waals surface area contributed by atoms with Crippen LogP contribution in [0.2, 0.25) is 5.02 Å². The fourth-order valence-electron chi connectivity index (χ4n) is 1.67. The van der Waals surface area contributed by atoms with Gasteiger partial charge in [-0.1, -0.05) is 23.4 Å². The number of amides is 1.